The van der Waals surface area contributed by atoms with E-state index in [1.54, 1.807) is 7.11 Å². The topological polar surface area (TPSA) is 32.7 Å². The molecule has 0 radical (unpaired) electrons. The third-order valence-electron chi connectivity index (χ3n) is 3.94. The molecule has 1 fully saturated rings. The summed E-state index contributed by atoms with van der Waals surface area (Å²) in [4.78, 5) is 2.36. The molecule has 3 heteroatoms. The van der Waals surface area contributed by atoms with Crippen LogP contribution in [0.4, 0.5) is 0 Å². The molecule has 0 spiro atoms. The zero-order valence-electron chi connectivity index (χ0n) is 11.2. The molecule has 16 heavy (non-hydrogen) atoms. The molecule has 2 unspecified atom stereocenters. The molecule has 0 aliphatic heterocycles. The van der Waals surface area contributed by atoms with Crippen molar-refractivity contribution in [2.45, 2.75) is 52.2 Å². The van der Waals surface area contributed by atoms with Crippen LogP contribution >= 0.6 is 0 Å². The van der Waals surface area contributed by atoms with Gasteiger partial charge in [0.05, 0.1) is 12.7 Å². The number of aliphatic hydroxyl groups excluding tert-OH is 1. The van der Waals surface area contributed by atoms with Gasteiger partial charge in [-0.05, 0) is 24.8 Å². The van der Waals surface area contributed by atoms with Gasteiger partial charge in [-0.1, -0.05) is 27.2 Å². The Morgan fingerprint density at radius 1 is 1.44 bits per heavy atom. The van der Waals surface area contributed by atoms with Gasteiger partial charge in [0.1, 0.15) is 0 Å². The monoisotopic (exact) mass is 229 g/mol. The van der Waals surface area contributed by atoms with Gasteiger partial charge in [-0.2, -0.15) is 0 Å². The fraction of sp³-hybridized carbons (Fsp3) is 1.00. The molecule has 1 saturated carbocycles. The van der Waals surface area contributed by atoms with Gasteiger partial charge < -0.3 is 9.84 Å². The van der Waals surface area contributed by atoms with E-state index in [4.69, 9.17) is 4.74 Å². The first-order chi connectivity index (χ1) is 7.53. The van der Waals surface area contributed by atoms with E-state index in [-0.39, 0.29) is 11.5 Å². The lowest BCUT2D eigenvalue weighted by Gasteiger charge is -2.45. The summed E-state index contributed by atoms with van der Waals surface area (Å²) in [7, 11) is 1.73. The Morgan fingerprint density at radius 3 is 2.69 bits per heavy atom. The van der Waals surface area contributed by atoms with Gasteiger partial charge in [-0.25, -0.2) is 0 Å². The third-order valence-corrected chi connectivity index (χ3v) is 3.94. The van der Waals surface area contributed by atoms with Crippen molar-refractivity contribution in [1.82, 2.24) is 4.90 Å². The maximum absolute atomic E-state index is 10.4. The van der Waals surface area contributed by atoms with E-state index in [1.165, 1.54) is 6.42 Å². The molecular weight excluding hydrogens is 202 g/mol. The lowest BCUT2D eigenvalue weighted by Crippen LogP contribution is -2.53. The van der Waals surface area contributed by atoms with Crippen LogP contribution in [0.2, 0.25) is 0 Å². The highest BCUT2D eigenvalue weighted by atomic mass is 16.5. The average Bonchev–Trinajstić information content (AvgIpc) is 2.25. The summed E-state index contributed by atoms with van der Waals surface area (Å²) in [6.45, 7) is 9.16. The van der Waals surface area contributed by atoms with Crippen LogP contribution in [0.15, 0.2) is 0 Å². The molecule has 0 amide bonds. The van der Waals surface area contributed by atoms with Crippen molar-refractivity contribution in [3.8, 4) is 0 Å². The Bertz CT molecular complexity index is 206. The van der Waals surface area contributed by atoms with Crippen LogP contribution in [0.1, 0.15) is 40.0 Å². The fourth-order valence-corrected chi connectivity index (χ4v) is 2.74. The second-order valence-corrected chi connectivity index (χ2v) is 5.51. The van der Waals surface area contributed by atoms with E-state index in [2.05, 4.69) is 25.7 Å². The highest BCUT2D eigenvalue weighted by Gasteiger charge is 2.39. The maximum atomic E-state index is 10.4. The van der Waals surface area contributed by atoms with E-state index >= 15 is 0 Å². The number of nitrogens with zero attached hydrogens (tertiary/aromatic N) is 1. The minimum atomic E-state index is -0.210. The zero-order chi connectivity index (χ0) is 12.2. The summed E-state index contributed by atoms with van der Waals surface area (Å²) in [6.07, 6.45) is 3.26. The molecule has 96 valence electrons. The summed E-state index contributed by atoms with van der Waals surface area (Å²) in [5, 5.41) is 10.4. The van der Waals surface area contributed by atoms with Crippen molar-refractivity contribution in [2.75, 3.05) is 26.8 Å². The van der Waals surface area contributed by atoms with E-state index in [9.17, 15) is 5.11 Å². The molecule has 0 aromatic carbocycles. The summed E-state index contributed by atoms with van der Waals surface area (Å²) in [5.41, 5.74) is 0.0589. The van der Waals surface area contributed by atoms with Crippen LogP contribution in [0, 0.1) is 5.41 Å². The van der Waals surface area contributed by atoms with Gasteiger partial charge in [0.15, 0.2) is 0 Å². The minimum Gasteiger partial charge on any atom is -0.391 e. The molecule has 1 N–H and O–H groups in total. The number of likely N-dealkylation sites (N-methyl/N-ethyl adjacent to an activating group) is 1. The van der Waals surface area contributed by atoms with Crippen molar-refractivity contribution < 1.29 is 9.84 Å². The molecule has 0 aromatic rings. The van der Waals surface area contributed by atoms with Crippen LogP contribution in [0.3, 0.4) is 0 Å². The van der Waals surface area contributed by atoms with Gasteiger partial charge in [0.2, 0.25) is 0 Å². The number of methoxy groups -OCH3 is 1. The van der Waals surface area contributed by atoms with Crippen LogP contribution in [-0.2, 0) is 4.74 Å². The number of rotatable bonds is 5. The molecule has 1 aliphatic rings. The van der Waals surface area contributed by atoms with Gasteiger partial charge in [0.25, 0.3) is 0 Å². The van der Waals surface area contributed by atoms with Crippen LogP contribution < -0.4 is 0 Å². The largest absolute Gasteiger partial charge is 0.391 e. The number of hydrogen-bond donors (Lipinski definition) is 1. The first-order valence-electron chi connectivity index (χ1n) is 6.44. The van der Waals surface area contributed by atoms with Crippen molar-refractivity contribution in [1.29, 1.82) is 0 Å². The summed E-state index contributed by atoms with van der Waals surface area (Å²) < 4.78 is 5.13. The van der Waals surface area contributed by atoms with Crippen LogP contribution in [-0.4, -0.2) is 49.0 Å². The predicted octanol–water partition coefficient (Wildman–Crippen LogP) is 1.89. The first kappa shape index (κ1) is 13.9. The Hall–Kier alpha value is -0.120. The normalized spacial score (nSPS) is 29.6. The Kier molecular flexibility index (Phi) is 5.22. The summed E-state index contributed by atoms with van der Waals surface area (Å²) in [5.74, 6) is 0. The van der Waals surface area contributed by atoms with Crippen molar-refractivity contribution in [3.63, 3.8) is 0 Å². The lowest BCUT2D eigenvalue weighted by atomic mass is 9.72. The van der Waals surface area contributed by atoms with Gasteiger partial charge in [0, 0.05) is 19.7 Å². The summed E-state index contributed by atoms with van der Waals surface area (Å²) >= 11 is 0. The molecule has 1 rings (SSSR count). The highest BCUT2D eigenvalue weighted by Crippen LogP contribution is 2.37. The maximum Gasteiger partial charge on any atom is 0.0746 e. The number of hydrogen-bond acceptors (Lipinski definition) is 3. The van der Waals surface area contributed by atoms with Crippen molar-refractivity contribution in [3.05, 3.63) is 0 Å². The third kappa shape index (κ3) is 3.19. The SMILES string of the molecule is CCN(CCOC)C1CCCC(C)(C)C1O. The lowest BCUT2D eigenvalue weighted by molar-refractivity contribution is -0.0599. The first-order valence-corrected chi connectivity index (χ1v) is 6.44. The van der Waals surface area contributed by atoms with Gasteiger partial charge >= 0.3 is 0 Å². The Morgan fingerprint density at radius 2 is 2.12 bits per heavy atom. The minimum absolute atomic E-state index is 0.0589. The zero-order valence-corrected chi connectivity index (χ0v) is 11.2. The van der Waals surface area contributed by atoms with Crippen LogP contribution in [0.5, 0.6) is 0 Å². The Labute approximate surface area is 99.8 Å². The smallest absolute Gasteiger partial charge is 0.0746 e. The molecule has 0 bridgehead atoms. The quantitative estimate of drug-likeness (QED) is 0.781. The summed E-state index contributed by atoms with van der Waals surface area (Å²) in [6, 6.07) is 0.309. The Balaban J connectivity index is 2.61. The highest BCUT2D eigenvalue weighted by molar-refractivity contribution is 4.93. The van der Waals surface area contributed by atoms with E-state index < -0.39 is 0 Å². The second-order valence-electron chi connectivity index (χ2n) is 5.51. The fourth-order valence-electron chi connectivity index (χ4n) is 2.74. The molecule has 0 aromatic heterocycles. The average molecular weight is 229 g/mol. The standard InChI is InChI=1S/C13H27NO2/c1-5-14(9-10-16-4)11-7-6-8-13(2,3)12(11)15/h11-12,15H,5-10H2,1-4H3. The van der Waals surface area contributed by atoms with Crippen molar-refractivity contribution in [2.24, 2.45) is 5.41 Å². The molecule has 3 nitrogen and oxygen atoms in total. The van der Waals surface area contributed by atoms with Gasteiger partial charge in [-0.3, -0.25) is 4.90 Å². The molecule has 0 saturated heterocycles. The van der Waals surface area contributed by atoms with Crippen LogP contribution in [0.25, 0.3) is 0 Å². The second kappa shape index (κ2) is 5.99. The van der Waals surface area contributed by atoms with E-state index in [0.29, 0.717) is 6.04 Å². The molecule has 2 atom stereocenters. The van der Waals surface area contributed by atoms with E-state index in [0.717, 1.165) is 32.5 Å². The van der Waals surface area contributed by atoms with Gasteiger partial charge in [-0.15, -0.1) is 0 Å². The number of ether oxygens (including phenoxy) is 1. The molecule has 0 heterocycles. The predicted molar refractivity (Wildman–Crippen MR) is 66.5 cm³/mol. The number of aliphatic hydroxyl groups is 1. The van der Waals surface area contributed by atoms with Crippen molar-refractivity contribution >= 4 is 0 Å². The molecular formula is C13H27NO2. The van der Waals surface area contributed by atoms with E-state index in [1.807, 2.05) is 0 Å². The molecule has 1 aliphatic carbocycles.